The number of primary amides is 1. The Bertz CT molecular complexity index is 3760. The van der Waals surface area contributed by atoms with Crippen molar-refractivity contribution in [3.63, 3.8) is 0 Å². The number of hydrogen-bond acceptors (Lipinski definition) is 21. The first-order chi connectivity index (χ1) is 50.3. The highest BCUT2D eigenvalue weighted by molar-refractivity contribution is 7.80. The van der Waals surface area contributed by atoms with E-state index in [1.54, 1.807) is 84.9 Å². The van der Waals surface area contributed by atoms with E-state index in [1.807, 2.05) is 0 Å². The molecule has 0 bridgehead atoms. The Labute approximate surface area is 617 Å². The van der Waals surface area contributed by atoms with Crippen LogP contribution in [0, 0.1) is 0 Å². The van der Waals surface area contributed by atoms with E-state index in [9.17, 15) is 107 Å². The number of carbonyl (C=O) groups is 17. The Kier molecular flexibility index (Phi) is 37.1. The fraction of sp³-hybridized carbons (Fsp3) is 0.448. The lowest BCUT2D eigenvalue weighted by Gasteiger charge is -2.27. The molecule has 0 spiro atoms. The van der Waals surface area contributed by atoms with Crippen LogP contribution in [0.5, 0.6) is 0 Å². The number of aromatic nitrogens is 1. The third kappa shape index (κ3) is 31.0. The summed E-state index contributed by atoms with van der Waals surface area (Å²) in [5.41, 5.74) is 18.9. The Balaban J connectivity index is 1.61. The second-order valence-corrected chi connectivity index (χ2v) is 25.1. The Morgan fingerprint density at radius 2 is 0.774 bits per heavy atom. The molecule has 3 aromatic carbocycles. The maximum atomic E-state index is 14.5. The summed E-state index contributed by atoms with van der Waals surface area (Å²) in [5, 5.41) is 75.0. The fourth-order valence-electron chi connectivity index (χ4n) is 10.4. The summed E-state index contributed by atoms with van der Waals surface area (Å²) in [6.45, 7) is -0.875. The SMILES string of the molecule is NCCCC[C@H](NC(=O)[C@H](CC(=O)O)NC(=O)[C@H](CCC(N)=O)NC(=O)[C@H](CCC(=O)O)NC(=O)[C@H](Cc1ccccc1)NC(=O)[C@H](CCC(=O)O)NC(=O)[C@@H](N)CS)C(=O)NCC(=O)N[C@@H](Cc1c[nH]c2ccccc12)C(=O)N[C@@H](CCC(=O)O)C(=O)N[C@@H](Cc1ccccc1)C(=O)N[C@@H](CS)C(=O)O. The number of aliphatic carboxylic acids is 5. The monoisotopic (exact) mass is 1520 g/mol. The topological polar surface area (TPSA) is 618 Å². The number of benzene rings is 3. The molecule has 0 aliphatic carbocycles. The Hall–Kier alpha value is -11.2. The molecule has 11 atom stereocenters. The summed E-state index contributed by atoms with van der Waals surface area (Å²) in [4.78, 5) is 229. The first-order valence-electron chi connectivity index (χ1n) is 33.3. The van der Waals surface area contributed by atoms with Crippen LogP contribution in [0.1, 0.15) is 93.7 Å². The second kappa shape index (κ2) is 45.1. The van der Waals surface area contributed by atoms with E-state index < -0.39 is 232 Å². The lowest BCUT2D eigenvalue weighted by atomic mass is 10.0. The molecule has 23 N–H and O–H groups in total. The summed E-state index contributed by atoms with van der Waals surface area (Å²) in [5.74, 6) is -21.4. The van der Waals surface area contributed by atoms with Crippen LogP contribution >= 0.6 is 25.3 Å². The van der Waals surface area contributed by atoms with Crippen LogP contribution in [0.3, 0.4) is 0 Å². The number of hydrogen-bond donors (Lipinski definition) is 22. The van der Waals surface area contributed by atoms with Gasteiger partial charge in [-0.15, -0.1) is 0 Å². The molecule has 1 aromatic heterocycles. The molecular weight excluding hydrogens is 1430 g/mol. The van der Waals surface area contributed by atoms with E-state index in [-0.39, 0.29) is 56.6 Å². The van der Waals surface area contributed by atoms with E-state index in [1.165, 1.54) is 6.20 Å². The molecule has 0 saturated heterocycles. The minimum absolute atomic E-state index is 0.0725. The number of unbranched alkanes of at least 4 members (excludes halogenated alkanes) is 1. The maximum Gasteiger partial charge on any atom is 0.327 e. The zero-order chi connectivity index (χ0) is 78.6. The van der Waals surface area contributed by atoms with Crippen molar-refractivity contribution >= 4 is 137 Å². The van der Waals surface area contributed by atoms with Crippen molar-refractivity contribution in [2.24, 2.45) is 17.2 Å². The Morgan fingerprint density at radius 3 is 1.19 bits per heavy atom. The summed E-state index contributed by atoms with van der Waals surface area (Å²) in [6.07, 6.45) is -5.75. The van der Waals surface area contributed by atoms with Crippen LogP contribution < -0.4 is 75.7 Å². The lowest BCUT2D eigenvalue weighted by molar-refractivity contribution is -0.142. The first kappa shape index (κ1) is 87.2. The normalized spacial score (nSPS) is 14.1. The van der Waals surface area contributed by atoms with Crippen LogP contribution in [-0.4, -0.2) is 222 Å². The number of H-pyrrole nitrogens is 1. The number of amides is 12. The van der Waals surface area contributed by atoms with Crippen LogP contribution in [0.15, 0.2) is 91.1 Å². The van der Waals surface area contributed by atoms with Gasteiger partial charge in [0.1, 0.15) is 60.4 Å². The number of carbonyl (C=O) groups excluding carboxylic acids is 12. The standard InChI is InChI=1S/C67H89N15O22S2/c68-26-10-9-17-41(58(94)72-32-52(84)73-48(29-37-31-71-40-16-8-7-15-38(37)40)65(101)78-45(21-25-55(89)90)62(98)80-47(28-36-13-5-2-6-14-36)64(100)82-50(34-106)67(103)104)75-66(102)49(30-56(91)92)81-60(96)42(18-22-51(70)83)76-59(95)44(20-24-54(87)88)77-63(99)46(27-35-11-3-1-4-12-35)79-61(97)43(19-23-53(85)86)74-57(93)39(69)33-105/h1-8,11-16,31,39,41-50,71,105-106H,9-10,17-30,32-34,68-69H2,(H2,70,83)(H,72,94)(H,73,84)(H,74,93)(H,75,102)(H,76,95)(H,77,99)(H,78,101)(H,79,97)(H,80,98)(H,81,96)(H,82,100)(H,85,86)(H,87,88)(H,89,90)(H,91,92)(H,103,104)/t39-,41-,42-,43-,44-,45-,46-,47-,48-,49-,50-/m0/s1. The molecular formula is C67H89N15O22S2. The minimum Gasteiger partial charge on any atom is -0.481 e. The summed E-state index contributed by atoms with van der Waals surface area (Å²) >= 11 is 7.96. The number of rotatable bonds is 49. The molecule has 0 aliphatic heterocycles. The molecule has 4 aromatic rings. The predicted molar refractivity (Wildman–Crippen MR) is 382 cm³/mol. The Morgan fingerprint density at radius 1 is 0.396 bits per heavy atom. The highest BCUT2D eigenvalue weighted by Crippen LogP contribution is 2.20. The van der Waals surface area contributed by atoms with Gasteiger partial charge in [-0.1, -0.05) is 78.9 Å². The zero-order valence-electron chi connectivity index (χ0n) is 57.2. The maximum absolute atomic E-state index is 14.5. The molecule has 0 fully saturated rings. The molecule has 576 valence electrons. The van der Waals surface area contributed by atoms with Crippen molar-refractivity contribution in [2.45, 2.75) is 163 Å². The van der Waals surface area contributed by atoms with E-state index in [0.717, 1.165) is 0 Å². The van der Waals surface area contributed by atoms with Crippen molar-refractivity contribution in [2.75, 3.05) is 24.6 Å². The van der Waals surface area contributed by atoms with Gasteiger partial charge in [0, 0.05) is 73.6 Å². The van der Waals surface area contributed by atoms with Gasteiger partial charge in [-0.25, -0.2) is 4.79 Å². The fourth-order valence-corrected chi connectivity index (χ4v) is 10.8. The number of para-hydroxylation sites is 1. The van der Waals surface area contributed by atoms with E-state index in [0.29, 0.717) is 27.6 Å². The van der Waals surface area contributed by atoms with Gasteiger partial charge in [-0.2, -0.15) is 25.3 Å². The van der Waals surface area contributed by atoms with Gasteiger partial charge in [0.15, 0.2) is 0 Å². The molecule has 39 heteroatoms. The zero-order valence-corrected chi connectivity index (χ0v) is 59.0. The number of aromatic amines is 1. The lowest BCUT2D eigenvalue weighted by Crippen LogP contribution is -2.60. The van der Waals surface area contributed by atoms with Crippen LogP contribution in [0.4, 0.5) is 0 Å². The van der Waals surface area contributed by atoms with Crippen LogP contribution in [0.25, 0.3) is 10.9 Å². The van der Waals surface area contributed by atoms with Gasteiger partial charge in [-0.3, -0.25) is 76.7 Å². The molecule has 4 rings (SSSR count). The van der Waals surface area contributed by atoms with Gasteiger partial charge in [0.2, 0.25) is 70.9 Å². The van der Waals surface area contributed by atoms with Gasteiger partial charge < -0.3 is 106 Å². The number of thiol groups is 2. The smallest absolute Gasteiger partial charge is 0.327 e. The molecule has 0 radical (unpaired) electrons. The van der Waals surface area contributed by atoms with Crippen molar-refractivity contribution in [3.05, 3.63) is 108 Å². The molecule has 0 unspecified atom stereocenters. The third-order valence-corrected chi connectivity index (χ3v) is 16.8. The van der Waals surface area contributed by atoms with Gasteiger partial charge >= 0.3 is 29.8 Å². The number of nitrogens with two attached hydrogens (primary N) is 3. The van der Waals surface area contributed by atoms with E-state index >= 15 is 0 Å². The van der Waals surface area contributed by atoms with Crippen molar-refractivity contribution in [3.8, 4) is 0 Å². The molecule has 37 nitrogen and oxygen atoms in total. The summed E-state index contributed by atoms with van der Waals surface area (Å²) in [6, 6.07) is 4.41. The highest BCUT2D eigenvalue weighted by atomic mass is 32.1. The summed E-state index contributed by atoms with van der Waals surface area (Å²) in [7, 11) is 0. The third-order valence-electron chi connectivity index (χ3n) is 16.1. The van der Waals surface area contributed by atoms with Gasteiger partial charge in [-0.05, 0) is 74.2 Å². The van der Waals surface area contributed by atoms with Crippen LogP contribution in [-0.2, 0) is 101 Å². The molecule has 0 aliphatic rings. The second-order valence-electron chi connectivity index (χ2n) is 24.3. The summed E-state index contributed by atoms with van der Waals surface area (Å²) < 4.78 is 0. The molecule has 1 heterocycles. The number of nitrogens with one attached hydrogen (secondary N) is 12. The van der Waals surface area contributed by atoms with E-state index in [4.69, 9.17) is 17.2 Å². The average molecular weight is 1520 g/mol. The largest absolute Gasteiger partial charge is 0.481 e. The van der Waals surface area contributed by atoms with Crippen molar-refractivity contribution in [1.82, 2.24) is 63.5 Å². The van der Waals surface area contributed by atoms with Crippen molar-refractivity contribution < 1.29 is 107 Å². The first-order valence-corrected chi connectivity index (χ1v) is 34.6. The molecule has 12 amide bonds. The number of fused-ring (bicyclic) bond motifs is 1. The quantitative estimate of drug-likeness (QED) is 0.0148. The van der Waals surface area contributed by atoms with Crippen LogP contribution in [0.2, 0.25) is 0 Å². The van der Waals surface area contributed by atoms with Gasteiger partial charge in [0.05, 0.1) is 19.0 Å². The van der Waals surface area contributed by atoms with Gasteiger partial charge in [0.25, 0.3) is 0 Å². The average Bonchev–Trinajstić information content (AvgIpc) is 1.63. The van der Waals surface area contributed by atoms with E-state index in [2.05, 4.69) is 88.7 Å². The predicted octanol–water partition coefficient (Wildman–Crippen LogP) is -4.10. The minimum atomic E-state index is -2.12. The highest BCUT2D eigenvalue weighted by Gasteiger charge is 2.37. The number of carboxylic acid groups (broad SMARTS) is 5. The van der Waals surface area contributed by atoms with Crippen molar-refractivity contribution in [1.29, 1.82) is 0 Å². The molecule has 0 saturated carbocycles. The molecule has 106 heavy (non-hydrogen) atoms. The number of carboxylic acids is 5.